The van der Waals surface area contributed by atoms with E-state index in [1.54, 1.807) is 54.7 Å². The Labute approximate surface area is 286 Å². The molecule has 0 aromatic heterocycles. The van der Waals surface area contributed by atoms with Gasteiger partial charge in [-0.25, -0.2) is 8.98 Å². The third kappa shape index (κ3) is 13.0. The van der Waals surface area contributed by atoms with E-state index in [-0.39, 0.29) is 36.7 Å². The smallest absolute Gasteiger partial charge is 0.397 e. The number of carbonyl (C=O) groups excluding carboxylic acids is 2. The van der Waals surface area contributed by atoms with Crippen LogP contribution in [0.15, 0.2) is 72.4 Å². The quantitative estimate of drug-likeness (QED) is 0.238. The second-order valence-electron chi connectivity index (χ2n) is 13.1. The first kappa shape index (κ1) is 41.5. The Hall–Kier alpha value is -2.71. The third-order valence-corrected chi connectivity index (χ3v) is 9.21. The van der Waals surface area contributed by atoms with Gasteiger partial charge in [0, 0.05) is 31.4 Å². The first-order valence-corrected chi connectivity index (χ1v) is 17.9. The van der Waals surface area contributed by atoms with Crippen molar-refractivity contribution in [1.29, 1.82) is 0 Å². The van der Waals surface area contributed by atoms with Gasteiger partial charge in [0.2, 0.25) is 0 Å². The van der Waals surface area contributed by atoms with E-state index in [0.717, 1.165) is 5.57 Å². The molecule has 12 heteroatoms. The van der Waals surface area contributed by atoms with Gasteiger partial charge in [0.05, 0.1) is 5.92 Å². The van der Waals surface area contributed by atoms with Crippen LogP contribution in [0.25, 0.3) is 0 Å². The summed E-state index contributed by atoms with van der Waals surface area (Å²) in [4.78, 5) is 26.2. The van der Waals surface area contributed by atoms with Crippen LogP contribution in [-0.4, -0.2) is 71.9 Å². The van der Waals surface area contributed by atoms with Gasteiger partial charge < -0.3 is 24.4 Å². The zero-order valence-electron chi connectivity index (χ0n) is 29.2. The maximum Gasteiger partial charge on any atom is 0.397 e. The van der Waals surface area contributed by atoms with Crippen molar-refractivity contribution >= 4 is 22.2 Å². The fourth-order valence-corrected chi connectivity index (χ4v) is 6.31. The number of fused-ring (bicyclic) bond motifs is 2. The molecule has 1 fully saturated rings. The maximum atomic E-state index is 13.5. The van der Waals surface area contributed by atoms with Gasteiger partial charge in [0.15, 0.2) is 17.4 Å². The number of cyclic esters (lactones) is 1. The number of Topliss-reactive ketones (excluding diaryl/α,β-unsaturated/α-hetero) is 1. The average Bonchev–Trinajstić information content (AvgIpc) is 3.01. The summed E-state index contributed by atoms with van der Waals surface area (Å²) in [6, 6.07) is 0. The molecule has 8 unspecified atom stereocenters. The number of rotatable bonds is 5. The van der Waals surface area contributed by atoms with Crippen molar-refractivity contribution in [3.63, 3.8) is 0 Å². The second-order valence-corrected chi connectivity index (χ2v) is 14.2. The lowest BCUT2D eigenvalue weighted by Crippen LogP contribution is -2.58. The van der Waals surface area contributed by atoms with Gasteiger partial charge in [-0.15, -0.1) is 0 Å². The molecule has 0 aromatic rings. The number of aliphatic hydroxyl groups is 2. The number of methoxy groups -OCH3 is 1. The summed E-state index contributed by atoms with van der Waals surface area (Å²) in [5, 5.41) is 22.7. The molecule has 0 saturated carbocycles. The molecule has 2 bridgehead atoms. The van der Waals surface area contributed by atoms with Crippen LogP contribution in [0.3, 0.4) is 0 Å². The largest absolute Gasteiger partial charge is 0.459 e. The van der Waals surface area contributed by atoms with Crippen LogP contribution in [0.2, 0.25) is 0 Å². The SMILES string of the molecule is COC12/C=C/C(C)=C/C(C)C(CC(C)C)OC(=O)/C=C/C=C/C=C/C=C/CCCC(OS(=O)(=O)O)C(O)C(=O)C(C)C(O)(CCC1C)O2. The van der Waals surface area contributed by atoms with Crippen LogP contribution in [-0.2, 0) is 38.4 Å². The molecule has 11 nitrogen and oxygen atoms in total. The molecular weight excluding hydrogens is 640 g/mol. The zero-order valence-corrected chi connectivity index (χ0v) is 30.0. The van der Waals surface area contributed by atoms with Crippen LogP contribution in [0.1, 0.15) is 80.1 Å². The van der Waals surface area contributed by atoms with Crippen molar-refractivity contribution in [2.75, 3.05) is 7.11 Å². The Morgan fingerprint density at radius 1 is 1.02 bits per heavy atom. The van der Waals surface area contributed by atoms with E-state index in [9.17, 15) is 32.8 Å². The normalized spacial score (nSPS) is 38.3. The highest BCUT2D eigenvalue weighted by Crippen LogP contribution is 2.44. The van der Waals surface area contributed by atoms with Crippen LogP contribution < -0.4 is 0 Å². The molecule has 2 aliphatic rings. The van der Waals surface area contributed by atoms with E-state index in [4.69, 9.17) is 18.4 Å². The Bertz CT molecular complexity index is 1360. The van der Waals surface area contributed by atoms with Gasteiger partial charge in [-0.2, -0.15) is 8.42 Å². The second kappa shape index (κ2) is 18.9. The number of carbonyl (C=O) groups is 2. The van der Waals surface area contributed by atoms with Crippen molar-refractivity contribution in [3.05, 3.63) is 72.4 Å². The Kier molecular flexibility index (Phi) is 16.3. The molecule has 1 saturated heterocycles. The molecule has 8 atom stereocenters. The Balaban J connectivity index is 2.51. The minimum Gasteiger partial charge on any atom is -0.459 e. The molecule has 48 heavy (non-hydrogen) atoms. The highest BCUT2D eigenvalue weighted by atomic mass is 32.3. The van der Waals surface area contributed by atoms with Crippen LogP contribution in [0.4, 0.5) is 0 Å². The number of hydrogen-bond donors (Lipinski definition) is 3. The number of ketones is 1. The fraction of sp³-hybridized carbons (Fsp3) is 0.611. The van der Waals surface area contributed by atoms with Crippen molar-refractivity contribution in [2.45, 2.75) is 110 Å². The lowest BCUT2D eigenvalue weighted by atomic mass is 9.80. The summed E-state index contributed by atoms with van der Waals surface area (Å²) in [5.41, 5.74) is 0.819. The number of allylic oxidation sites excluding steroid dienone is 9. The fourth-order valence-electron chi connectivity index (χ4n) is 5.79. The maximum absolute atomic E-state index is 13.5. The molecule has 2 aliphatic heterocycles. The molecule has 270 valence electrons. The molecule has 3 N–H and O–H groups in total. The molecule has 0 aromatic carbocycles. The summed E-state index contributed by atoms with van der Waals surface area (Å²) in [7, 11) is -3.58. The van der Waals surface area contributed by atoms with Crippen molar-refractivity contribution in [3.8, 4) is 0 Å². The van der Waals surface area contributed by atoms with E-state index in [1.165, 1.54) is 20.1 Å². The first-order chi connectivity index (χ1) is 22.4. The summed E-state index contributed by atoms with van der Waals surface area (Å²) in [6.45, 7) is 11.2. The highest BCUT2D eigenvalue weighted by Gasteiger charge is 2.53. The van der Waals surface area contributed by atoms with Crippen molar-refractivity contribution < 1.29 is 51.2 Å². The lowest BCUT2D eigenvalue weighted by Gasteiger charge is -2.49. The summed E-state index contributed by atoms with van der Waals surface area (Å²) in [6.07, 6.45) is 16.7. The molecule has 0 spiro atoms. The van der Waals surface area contributed by atoms with Crippen molar-refractivity contribution in [2.24, 2.45) is 23.7 Å². The van der Waals surface area contributed by atoms with E-state index >= 15 is 0 Å². The number of aliphatic hydroxyl groups excluding tert-OH is 1. The monoisotopic (exact) mass is 694 g/mol. The average molecular weight is 695 g/mol. The summed E-state index contributed by atoms with van der Waals surface area (Å²) < 4.78 is 55.1. The molecule has 2 rings (SSSR count). The summed E-state index contributed by atoms with van der Waals surface area (Å²) in [5.74, 6) is -6.35. The molecule has 0 radical (unpaired) electrons. The van der Waals surface area contributed by atoms with Crippen LogP contribution in [0.5, 0.6) is 0 Å². The van der Waals surface area contributed by atoms with Crippen molar-refractivity contribution in [1.82, 2.24) is 0 Å². The van der Waals surface area contributed by atoms with Gasteiger partial charge in [-0.3, -0.25) is 9.35 Å². The van der Waals surface area contributed by atoms with Gasteiger partial charge in [0.1, 0.15) is 18.3 Å². The van der Waals surface area contributed by atoms with Gasteiger partial charge >= 0.3 is 16.4 Å². The van der Waals surface area contributed by atoms with E-state index in [1.807, 2.05) is 26.8 Å². The Morgan fingerprint density at radius 2 is 1.67 bits per heavy atom. The number of ether oxygens (including phenoxy) is 3. The lowest BCUT2D eigenvalue weighted by molar-refractivity contribution is -0.372. The molecule has 2 heterocycles. The predicted molar refractivity (Wildman–Crippen MR) is 183 cm³/mol. The van der Waals surface area contributed by atoms with E-state index in [0.29, 0.717) is 25.7 Å². The van der Waals surface area contributed by atoms with E-state index in [2.05, 4.69) is 13.8 Å². The van der Waals surface area contributed by atoms with Gasteiger partial charge in [-0.05, 0) is 51.0 Å². The minimum atomic E-state index is -5.01. The number of hydrogen-bond acceptors (Lipinski definition) is 10. The van der Waals surface area contributed by atoms with Gasteiger partial charge in [0.25, 0.3) is 0 Å². The predicted octanol–water partition coefficient (Wildman–Crippen LogP) is 5.72. The zero-order chi connectivity index (χ0) is 36.1. The molecule has 0 aliphatic carbocycles. The third-order valence-electron chi connectivity index (χ3n) is 8.72. The van der Waals surface area contributed by atoms with Crippen LogP contribution >= 0.6 is 0 Å². The standard InChI is InChI=1S/C36H54O11S/c1-25(2)23-31-27(4)24-26(3)19-22-36(44-7)28(5)20-21-35(40,47-36)29(6)33(38)34(39)30(46-48(41,42)43)17-15-13-11-9-8-10-12-14-16-18-32(37)45-31/h8-12,14,16,18-19,22,24-25,27-31,34,39-40H,13,15,17,20-21,23H2,1-7H3,(H,41,42,43)/b10-8+,11-9+,14-12+,18-16+,22-19+,26-24+. The minimum absolute atomic E-state index is 0.0343. The molecular formula is C36H54O11S. The number of esters is 1. The van der Waals surface area contributed by atoms with Gasteiger partial charge in [-0.1, -0.05) is 94.9 Å². The van der Waals surface area contributed by atoms with E-state index < -0.39 is 51.9 Å². The Morgan fingerprint density at radius 3 is 2.29 bits per heavy atom. The van der Waals surface area contributed by atoms with Crippen LogP contribution in [0, 0.1) is 23.7 Å². The topological polar surface area (TPSA) is 166 Å². The first-order valence-electron chi connectivity index (χ1n) is 16.5. The highest BCUT2D eigenvalue weighted by molar-refractivity contribution is 7.80. The summed E-state index contributed by atoms with van der Waals surface area (Å²) >= 11 is 0. The molecule has 0 amide bonds.